The molecule has 0 radical (unpaired) electrons. The predicted molar refractivity (Wildman–Crippen MR) is 101 cm³/mol. The molecule has 0 aliphatic carbocycles. The van der Waals surface area contributed by atoms with Gasteiger partial charge in [0.2, 0.25) is 0 Å². The molecule has 1 saturated heterocycles. The van der Waals surface area contributed by atoms with Gasteiger partial charge >= 0.3 is 0 Å². The van der Waals surface area contributed by atoms with Crippen LogP contribution in [0.25, 0.3) is 0 Å². The molecule has 1 atom stereocenters. The second kappa shape index (κ2) is 8.56. The average Bonchev–Trinajstić information content (AvgIpc) is 3.02. The number of nitrogens with one attached hydrogen (secondary N) is 1. The number of methoxy groups -OCH3 is 2. The van der Waals surface area contributed by atoms with Crippen LogP contribution in [0.4, 0.5) is 0 Å². The van der Waals surface area contributed by atoms with Gasteiger partial charge in [-0.3, -0.25) is 4.90 Å². The van der Waals surface area contributed by atoms with Crippen LogP contribution in [0.3, 0.4) is 0 Å². The number of imidazole rings is 1. The third-order valence-corrected chi connectivity index (χ3v) is 4.73. The molecule has 0 saturated carbocycles. The van der Waals surface area contributed by atoms with Crippen molar-refractivity contribution >= 4 is 12.4 Å². The number of aromatic nitrogens is 2. The van der Waals surface area contributed by atoms with Crippen molar-refractivity contribution in [1.29, 1.82) is 0 Å². The van der Waals surface area contributed by atoms with Gasteiger partial charge in [0.05, 0.1) is 20.3 Å². The second-order valence-corrected chi connectivity index (χ2v) is 6.22. The zero-order valence-corrected chi connectivity index (χ0v) is 16.1. The summed E-state index contributed by atoms with van der Waals surface area (Å²) >= 11 is 0. The Balaban J connectivity index is 0.00000225. The van der Waals surface area contributed by atoms with Gasteiger partial charge in [0.25, 0.3) is 0 Å². The Kier molecular flexibility index (Phi) is 6.70. The summed E-state index contributed by atoms with van der Waals surface area (Å²) in [5.74, 6) is 2.65. The van der Waals surface area contributed by atoms with Gasteiger partial charge in [-0.25, -0.2) is 4.98 Å². The molecule has 0 spiro atoms. The van der Waals surface area contributed by atoms with Crippen LogP contribution >= 0.6 is 12.4 Å². The van der Waals surface area contributed by atoms with Gasteiger partial charge in [0, 0.05) is 45.6 Å². The number of rotatable bonds is 5. The Morgan fingerprint density at radius 3 is 2.60 bits per heavy atom. The SMILES string of the molecule is COc1cc(C)c(CN2CCNCC2c2nccn2C)cc1OC.Cl. The molecule has 0 amide bonds. The van der Waals surface area contributed by atoms with Crippen molar-refractivity contribution in [1.82, 2.24) is 19.8 Å². The van der Waals surface area contributed by atoms with E-state index in [0.717, 1.165) is 43.5 Å². The lowest BCUT2D eigenvalue weighted by atomic mass is 10.0. The molecule has 1 aliphatic heterocycles. The zero-order chi connectivity index (χ0) is 17.1. The number of benzene rings is 1. The normalized spacial score (nSPS) is 17.8. The highest BCUT2D eigenvalue weighted by atomic mass is 35.5. The van der Waals surface area contributed by atoms with Crippen molar-refractivity contribution in [3.63, 3.8) is 0 Å². The summed E-state index contributed by atoms with van der Waals surface area (Å²) in [6, 6.07) is 4.41. The van der Waals surface area contributed by atoms with Crippen LogP contribution in [0.5, 0.6) is 11.5 Å². The van der Waals surface area contributed by atoms with E-state index in [1.54, 1.807) is 14.2 Å². The highest BCUT2D eigenvalue weighted by Gasteiger charge is 2.27. The fraction of sp³-hybridized carbons (Fsp3) is 0.500. The van der Waals surface area contributed by atoms with Crippen LogP contribution in [0.1, 0.15) is 23.0 Å². The minimum atomic E-state index is 0. The number of nitrogens with zero attached hydrogens (tertiary/aromatic N) is 3. The molecule has 0 bridgehead atoms. The van der Waals surface area contributed by atoms with E-state index in [-0.39, 0.29) is 18.4 Å². The first-order valence-corrected chi connectivity index (χ1v) is 8.27. The van der Waals surface area contributed by atoms with Crippen LogP contribution in [-0.4, -0.2) is 48.3 Å². The summed E-state index contributed by atoms with van der Waals surface area (Å²) in [6.07, 6.45) is 3.87. The van der Waals surface area contributed by atoms with Crippen molar-refractivity contribution < 1.29 is 9.47 Å². The fourth-order valence-electron chi connectivity index (χ4n) is 3.30. The van der Waals surface area contributed by atoms with E-state index in [9.17, 15) is 0 Å². The lowest BCUT2D eigenvalue weighted by Crippen LogP contribution is -2.46. The van der Waals surface area contributed by atoms with Gasteiger partial charge < -0.3 is 19.4 Å². The Morgan fingerprint density at radius 1 is 1.24 bits per heavy atom. The third kappa shape index (κ3) is 4.08. The van der Waals surface area contributed by atoms with E-state index >= 15 is 0 Å². The largest absolute Gasteiger partial charge is 0.493 e. The Hall–Kier alpha value is -1.76. The molecule has 1 N–H and O–H groups in total. The zero-order valence-electron chi connectivity index (χ0n) is 15.3. The maximum Gasteiger partial charge on any atom is 0.161 e. The summed E-state index contributed by atoms with van der Waals surface area (Å²) in [4.78, 5) is 7.03. The summed E-state index contributed by atoms with van der Waals surface area (Å²) in [7, 11) is 5.40. The number of aryl methyl sites for hydroxylation is 2. The molecule has 7 heteroatoms. The van der Waals surface area contributed by atoms with E-state index in [4.69, 9.17) is 9.47 Å². The van der Waals surface area contributed by atoms with Crippen molar-refractivity contribution in [3.05, 3.63) is 41.5 Å². The van der Waals surface area contributed by atoms with Gasteiger partial charge in [-0.05, 0) is 30.2 Å². The van der Waals surface area contributed by atoms with E-state index in [2.05, 4.69) is 39.8 Å². The molecule has 2 aromatic rings. The highest BCUT2D eigenvalue weighted by Crippen LogP contribution is 2.32. The average molecular weight is 367 g/mol. The second-order valence-electron chi connectivity index (χ2n) is 6.22. The molecule has 1 aromatic heterocycles. The Morgan fingerprint density at radius 2 is 1.96 bits per heavy atom. The van der Waals surface area contributed by atoms with Gasteiger partial charge in [0.1, 0.15) is 5.82 Å². The smallest absolute Gasteiger partial charge is 0.161 e. The molecular formula is C18H27ClN4O2. The Labute approximate surface area is 155 Å². The molecule has 1 unspecified atom stereocenters. The van der Waals surface area contributed by atoms with E-state index in [1.165, 1.54) is 11.1 Å². The maximum atomic E-state index is 5.47. The first-order chi connectivity index (χ1) is 11.6. The van der Waals surface area contributed by atoms with Gasteiger partial charge in [-0.2, -0.15) is 0 Å². The maximum absolute atomic E-state index is 5.47. The number of halogens is 1. The van der Waals surface area contributed by atoms with Crippen LogP contribution in [-0.2, 0) is 13.6 Å². The first-order valence-electron chi connectivity index (χ1n) is 8.27. The number of hydrogen-bond donors (Lipinski definition) is 1. The quantitative estimate of drug-likeness (QED) is 0.880. The molecule has 6 nitrogen and oxygen atoms in total. The van der Waals surface area contributed by atoms with E-state index in [1.807, 2.05) is 18.5 Å². The van der Waals surface area contributed by atoms with Crippen LogP contribution < -0.4 is 14.8 Å². The van der Waals surface area contributed by atoms with Crippen molar-refractivity contribution in [2.45, 2.75) is 19.5 Å². The molecule has 138 valence electrons. The minimum absolute atomic E-state index is 0. The fourth-order valence-corrected chi connectivity index (χ4v) is 3.30. The Bertz CT molecular complexity index is 704. The monoisotopic (exact) mass is 366 g/mol. The standard InChI is InChI=1S/C18H26N4O2.ClH/c1-13-9-16(23-3)17(24-4)10-14(13)12-22-8-5-19-11-15(22)18-20-6-7-21(18)2;/h6-7,9-10,15,19H,5,8,11-12H2,1-4H3;1H. The molecule has 2 heterocycles. The summed E-state index contributed by atoms with van der Waals surface area (Å²) in [5, 5.41) is 3.48. The summed E-state index contributed by atoms with van der Waals surface area (Å²) in [6.45, 7) is 5.89. The molecule has 1 aliphatic rings. The summed E-state index contributed by atoms with van der Waals surface area (Å²) in [5.41, 5.74) is 2.47. The molecular weight excluding hydrogens is 340 g/mol. The number of hydrogen-bond acceptors (Lipinski definition) is 5. The van der Waals surface area contributed by atoms with E-state index < -0.39 is 0 Å². The van der Waals surface area contributed by atoms with Crippen molar-refractivity contribution in [3.8, 4) is 11.5 Å². The van der Waals surface area contributed by atoms with Gasteiger partial charge in [0.15, 0.2) is 11.5 Å². The first kappa shape index (κ1) is 19.6. The molecule has 25 heavy (non-hydrogen) atoms. The topological polar surface area (TPSA) is 51.5 Å². The lowest BCUT2D eigenvalue weighted by Gasteiger charge is -2.36. The summed E-state index contributed by atoms with van der Waals surface area (Å²) < 4.78 is 13.0. The lowest BCUT2D eigenvalue weighted by molar-refractivity contribution is 0.144. The predicted octanol–water partition coefficient (Wildman–Crippen LogP) is 2.31. The molecule has 1 fully saturated rings. The van der Waals surface area contributed by atoms with Crippen molar-refractivity contribution in [2.24, 2.45) is 7.05 Å². The molecule has 1 aromatic carbocycles. The number of piperazine rings is 1. The van der Waals surface area contributed by atoms with Crippen LogP contribution in [0.15, 0.2) is 24.5 Å². The van der Waals surface area contributed by atoms with E-state index in [0.29, 0.717) is 0 Å². The van der Waals surface area contributed by atoms with Crippen molar-refractivity contribution in [2.75, 3.05) is 33.9 Å². The number of ether oxygens (including phenoxy) is 2. The molecule has 3 rings (SSSR count). The van der Waals surface area contributed by atoms with Crippen LogP contribution in [0.2, 0.25) is 0 Å². The van der Waals surface area contributed by atoms with Crippen LogP contribution in [0, 0.1) is 6.92 Å². The highest BCUT2D eigenvalue weighted by molar-refractivity contribution is 5.85. The third-order valence-electron chi connectivity index (χ3n) is 4.73. The minimum Gasteiger partial charge on any atom is -0.493 e. The van der Waals surface area contributed by atoms with Gasteiger partial charge in [-0.15, -0.1) is 12.4 Å². The van der Waals surface area contributed by atoms with Gasteiger partial charge in [-0.1, -0.05) is 0 Å².